The van der Waals surface area contributed by atoms with Crippen molar-refractivity contribution in [1.82, 2.24) is 34.6 Å². The molecule has 10 heteroatoms. The Morgan fingerprint density at radius 3 is 2.80 bits per heavy atom. The minimum atomic E-state index is -0.104. The van der Waals surface area contributed by atoms with Crippen LogP contribution in [0.2, 0.25) is 5.02 Å². The van der Waals surface area contributed by atoms with Gasteiger partial charge >= 0.3 is 0 Å². The number of hydrogen-bond donors (Lipinski definition) is 1. The van der Waals surface area contributed by atoms with Crippen molar-refractivity contribution >= 4 is 34.6 Å². The van der Waals surface area contributed by atoms with E-state index in [1.807, 2.05) is 11.8 Å². The smallest absolute Gasteiger partial charge is 0.227 e. The first-order valence-electron chi connectivity index (χ1n) is 10.5. The molecule has 1 amide bonds. The van der Waals surface area contributed by atoms with Crippen molar-refractivity contribution in [2.24, 2.45) is 5.92 Å². The first-order valence-corrected chi connectivity index (χ1v) is 10.9. The Labute approximate surface area is 179 Å². The number of imidazole rings is 1. The van der Waals surface area contributed by atoms with Crippen LogP contribution in [0.4, 0.5) is 5.95 Å². The zero-order chi connectivity index (χ0) is 20.7. The Morgan fingerprint density at radius 1 is 1.20 bits per heavy atom. The van der Waals surface area contributed by atoms with Gasteiger partial charge in [0.25, 0.3) is 0 Å². The lowest BCUT2D eigenvalue weighted by molar-refractivity contribution is -0.134. The number of nitrogens with one attached hydrogen (secondary N) is 1. The van der Waals surface area contributed by atoms with Gasteiger partial charge in [-0.2, -0.15) is 10.1 Å². The van der Waals surface area contributed by atoms with E-state index in [0.717, 1.165) is 51.1 Å². The second-order valence-electron chi connectivity index (χ2n) is 8.16. The van der Waals surface area contributed by atoms with Gasteiger partial charge in [0.1, 0.15) is 17.4 Å². The Balaban J connectivity index is 1.35. The number of aromatic amines is 1. The molecular formula is C20H25ClN8O. The molecule has 0 aliphatic carbocycles. The minimum Gasteiger partial charge on any atom is -0.342 e. The van der Waals surface area contributed by atoms with Gasteiger partial charge < -0.3 is 14.8 Å². The molecule has 2 aliphatic rings. The molecule has 0 aromatic carbocycles. The summed E-state index contributed by atoms with van der Waals surface area (Å²) >= 11 is 5.98. The number of aromatic nitrogens is 6. The number of hydrogen-bond acceptors (Lipinski definition) is 6. The highest BCUT2D eigenvalue weighted by molar-refractivity contribution is 6.30. The number of piperidine rings is 1. The summed E-state index contributed by atoms with van der Waals surface area (Å²) in [4.78, 5) is 34.1. The normalized spacial score (nSPS) is 20.8. The zero-order valence-electron chi connectivity index (χ0n) is 17.0. The lowest BCUT2D eigenvalue weighted by atomic mass is 9.97. The maximum absolute atomic E-state index is 12.8. The number of carbonyl (C=O) groups excluding carboxylic acids is 1. The van der Waals surface area contributed by atoms with Gasteiger partial charge in [-0.15, -0.1) is 0 Å². The van der Waals surface area contributed by atoms with E-state index in [4.69, 9.17) is 16.6 Å². The zero-order valence-corrected chi connectivity index (χ0v) is 17.7. The summed E-state index contributed by atoms with van der Waals surface area (Å²) < 4.78 is 1.76. The first kappa shape index (κ1) is 19.3. The monoisotopic (exact) mass is 428 g/mol. The van der Waals surface area contributed by atoms with E-state index < -0.39 is 0 Å². The highest BCUT2D eigenvalue weighted by Gasteiger charge is 2.31. The quantitative estimate of drug-likeness (QED) is 0.686. The van der Waals surface area contributed by atoms with Gasteiger partial charge in [0.05, 0.1) is 23.3 Å². The van der Waals surface area contributed by atoms with Gasteiger partial charge in [0, 0.05) is 32.4 Å². The van der Waals surface area contributed by atoms with E-state index in [2.05, 4.69) is 25.0 Å². The SMILES string of the molecule is CC(c1nc2cnc(N3CCCC(C(=O)N4CCCC4)C3)nc2[nH]1)n1cc(Cl)cn1. The average molecular weight is 429 g/mol. The fourth-order valence-corrected chi connectivity index (χ4v) is 4.52. The van der Waals surface area contributed by atoms with Crippen molar-refractivity contribution in [1.29, 1.82) is 0 Å². The van der Waals surface area contributed by atoms with Gasteiger partial charge in [-0.25, -0.2) is 9.97 Å². The maximum Gasteiger partial charge on any atom is 0.227 e. The van der Waals surface area contributed by atoms with E-state index in [-0.39, 0.29) is 17.9 Å². The number of nitrogens with zero attached hydrogens (tertiary/aromatic N) is 7. The molecule has 2 aliphatic heterocycles. The number of rotatable bonds is 4. The third-order valence-corrected chi connectivity index (χ3v) is 6.27. The molecule has 3 aromatic heterocycles. The molecular weight excluding hydrogens is 404 g/mol. The third-order valence-electron chi connectivity index (χ3n) is 6.08. The Hall–Kier alpha value is -2.68. The highest BCUT2D eigenvalue weighted by Crippen LogP contribution is 2.25. The summed E-state index contributed by atoms with van der Waals surface area (Å²) in [5.74, 6) is 1.70. The van der Waals surface area contributed by atoms with Crippen LogP contribution in [0.25, 0.3) is 11.2 Å². The maximum atomic E-state index is 12.8. The van der Waals surface area contributed by atoms with Crippen molar-refractivity contribution in [2.75, 3.05) is 31.1 Å². The molecule has 30 heavy (non-hydrogen) atoms. The van der Waals surface area contributed by atoms with E-state index in [9.17, 15) is 4.79 Å². The summed E-state index contributed by atoms with van der Waals surface area (Å²) in [6, 6.07) is -0.104. The van der Waals surface area contributed by atoms with E-state index >= 15 is 0 Å². The predicted octanol–water partition coefficient (Wildman–Crippen LogP) is 2.65. The van der Waals surface area contributed by atoms with Gasteiger partial charge in [-0.05, 0) is 32.6 Å². The second-order valence-corrected chi connectivity index (χ2v) is 8.59. The molecule has 5 heterocycles. The number of amides is 1. The lowest BCUT2D eigenvalue weighted by Crippen LogP contribution is -2.44. The number of likely N-dealkylation sites (tertiary alicyclic amines) is 1. The summed E-state index contributed by atoms with van der Waals surface area (Å²) in [5.41, 5.74) is 1.40. The largest absolute Gasteiger partial charge is 0.342 e. The number of halogens is 1. The van der Waals surface area contributed by atoms with Gasteiger partial charge in [0.15, 0.2) is 5.65 Å². The van der Waals surface area contributed by atoms with E-state index in [1.54, 1.807) is 23.3 Å². The van der Waals surface area contributed by atoms with Crippen molar-refractivity contribution in [3.05, 3.63) is 29.4 Å². The van der Waals surface area contributed by atoms with Crippen LogP contribution in [-0.2, 0) is 4.79 Å². The molecule has 2 unspecified atom stereocenters. The molecule has 3 aromatic rings. The molecule has 0 bridgehead atoms. The second kappa shape index (κ2) is 7.86. The van der Waals surface area contributed by atoms with Gasteiger partial charge in [-0.3, -0.25) is 9.48 Å². The van der Waals surface area contributed by atoms with Crippen LogP contribution in [-0.4, -0.2) is 66.7 Å². The molecule has 2 fully saturated rings. The Morgan fingerprint density at radius 2 is 2.03 bits per heavy atom. The standard InChI is InChI=1S/C20H25ClN8O/c1-13(29-12-15(21)9-23-29)17-24-16-10-22-20(26-18(16)25-17)28-8-4-5-14(11-28)19(30)27-6-2-3-7-27/h9-10,12-14H,2-8,11H2,1H3,(H,22,24,25,26). The summed E-state index contributed by atoms with van der Waals surface area (Å²) in [5, 5.41) is 4.84. The van der Waals surface area contributed by atoms with Crippen LogP contribution < -0.4 is 4.90 Å². The number of fused-ring (bicyclic) bond motifs is 1. The third kappa shape index (κ3) is 3.62. The van der Waals surface area contributed by atoms with E-state index in [0.29, 0.717) is 28.7 Å². The number of H-pyrrole nitrogens is 1. The van der Waals surface area contributed by atoms with Crippen molar-refractivity contribution in [2.45, 2.75) is 38.6 Å². The Bertz CT molecular complexity index is 1060. The highest BCUT2D eigenvalue weighted by atomic mass is 35.5. The average Bonchev–Trinajstić information content (AvgIpc) is 3.52. The molecule has 0 saturated carbocycles. The predicted molar refractivity (Wildman–Crippen MR) is 113 cm³/mol. The molecule has 5 rings (SSSR count). The molecule has 9 nitrogen and oxygen atoms in total. The minimum absolute atomic E-state index is 0.0260. The van der Waals surface area contributed by atoms with Gasteiger partial charge in [0.2, 0.25) is 11.9 Å². The fourth-order valence-electron chi connectivity index (χ4n) is 4.38. The van der Waals surface area contributed by atoms with Crippen molar-refractivity contribution in [3.63, 3.8) is 0 Å². The van der Waals surface area contributed by atoms with E-state index in [1.165, 1.54) is 0 Å². The van der Waals surface area contributed by atoms with Crippen molar-refractivity contribution in [3.8, 4) is 0 Å². The molecule has 158 valence electrons. The van der Waals surface area contributed by atoms with Crippen LogP contribution >= 0.6 is 11.6 Å². The van der Waals surface area contributed by atoms with Gasteiger partial charge in [-0.1, -0.05) is 11.6 Å². The Kier molecular flexibility index (Phi) is 5.06. The first-order chi connectivity index (χ1) is 14.6. The summed E-state index contributed by atoms with van der Waals surface area (Å²) in [6.07, 6.45) is 9.26. The summed E-state index contributed by atoms with van der Waals surface area (Å²) in [7, 11) is 0. The molecule has 2 saturated heterocycles. The molecule has 2 atom stereocenters. The summed E-state index contributed by atoms with van der Waals surface area (Å²) in [6.45, 7) is 5.32. The van der Waals surface area contributed by atoms with Crippen LogP contribution in [0, 0.1) is 5.92 Å². The topological polar surface area (TPSA) is 95.8 Å². The fraction of sp³-hybridized carbons (Fsp3) is 0.550. The molecule has 1 N–H and O–H groups in total. The van der Waals surface area contributed by atoms with Crippen molar-refractivity contribution < 1.29 is 4.79 Å². The van der Waals surface area contributed by atoms with Crippen LogP contribution in [0.3, 0.4) is 0 Å². The number of carbonyl (C=O) groups is 1. The number of anilines is 1. The van der Waals surface area contributed by atoms with Crippen LogP contribution in [0.1, 0.15) is 44.5 Å². The molecule has 0 spiro atoms. The van der Waals surface area contributed by atoms with Crippen LogP contribution in [0.5, 0.6) is 0 Å². The molecule has 0 radical (unpaired) electrons. The lowest BCUT2D eigenvalue weighted by Gasteiger charge is -2.33. The van der Waals surface area contributed by atoms with Crippen LogP contribution in [0.15, 0.2) is 18.6 Å².